The standard InChI is InChI=1S/C16H17N3O2/c17-16(20)14-4-2-1-3-13(14)12-5-6-15(18-11-12)19-7-9-21-10-8-19/h1-6,11H,7-10H2,(H2,17,20). The van der Waals surface area contributed by atoms with E-state index in [4.69, 9.17) is 10.5 Å². The number of nitrogens with zero attached hydrogens (tertiary/aromatic N) is 2. The monoisotopic (exact) mass is 283 g/mol. The molecule has 1 aromatic heterocycles. The van der Waals surface area contributed by atoms with Gasteiger partial charge in [0, 0.05) is 30.4 Å². The van der Waals surface area contributed by atoms with Crippen LogP contribution in [0.3, 0.4) is 0 Å². The molecule has 5 nitrogen and oxygen atoms in total. The van der Waals surface area contributed by atoms with Gasteiger partial charge in [-0.2, -0.15) is 0 Å². The van der Waals surface area contributed by atoms with Gasteiger partial charge in [0.05, 0.1) is 13.2 Å². The van der Waals surface area contributed by atoms with Crippen molar-refractivity contribution in [2.24, 2.45) is 5.73 Å². The normalized spacial score (nSPS) is 15.0. The van der Waals surface area contributed by atoms with Crippen molar-refractivity contribution < 1.29 is 9.53 Å². The van der Waals surface area contributed by atoms with E-state index in [2.05, 4.69) is 9.88 Å². The first-order valence-electron chi connectivity index (χ1n) is 6.93. The van der Waals surface area contributed by atoms with Gasteiger partial charge in [-0.15, -0.1) is 0 Å². The molecule has 0 bridgehead atoms. The van der Waals surface area contributed by atoms with E-state index in [0.29, 0.717) is 5.56 Å². The number of hydrogen-bond acceptors (Lipinski definition) is 4. The Kier molecular flexibility index (Phi) is 3.83. The van der Waals surface area contributed by atoms with Crippen molar-refractivity contribution in [1.29, 1.82) is 0 Å². The van der Waals surface area contributed by atoms with Crippen LogP contribution in [0, 0.1) is 0 Å². The van der Waals surface area contributed by atoms with Crippen molar-refractivity contribution in [3.63, 3.8) is 0 Å². The Morgan fingerprint density at radius 3 is 2.57 bits per heavy atom. The number of amides is 1. The maximum absolute atomic E-state index is 11.5. The van der Waals surface area contributed by atoms with Crippen molar-refractivity contribution in [1.82, 2.24) is 4.98 Å². The molecule has 0 atom stereocenters. The van der Waals surface area contributed by atoms with Gasteiger partial charge in [0.2, 0.25) is 5.91 Å². The molecule has 3 rings (SSSR count). The summed E-state index contributed by atoms with van der Waals surface area (Å²) >= 11 is 0. The number of hydrogen-bond donors (Lipinski definition) is 1. The SMILES string of the molecule is NC(=O)c1ccccc1-c1ccc(N2CCOCC2)nc1. The number of ether oxygens (including phenoxy) is 1. The highest BCUT2D eigenvalue weighted by molar-refractivity contribution is 5.99. The molecule has 5 heteroatoms. The minimum atomic E-state index is -0.428. The van der Waals surface area contributed by atoms with Gasteiger partial charge >= 0.3 is 0 Å². The van der Waals surface area contributed by atoms with Crippen LogP contribution in [-0.4, -0.2) is 37.2 Å². The number of primary amides is 1. The highest BCUT2D eigenvalue weighted by atomic mass is 16.5. The lowest BCUT2D eigenvalue weighted by atomic mass is 10.0. The Bertz CT molecular complexity index is 634. The lowest BCUT2D eigenvalue weighted by Gasteiger charge is -2.27. The van der Waals surface area contributed by atoms with Crippen molar-refractivity contribution in [3.05, 3.63) is 48.2 Å². The third-order valence-corrected chi connectivity index (χ3v) is 3.59. The molecule has 1 aliphatic heterocycles. The fourth-order valence-corrected chi connectivity index (χ4v) is 2.47. The molecule has 0 radical (unpaired) electrons. The van der Waals surface area contributed by atoms with E-state index in [1.54, 1.807) is 18.3 Å². The highest BCUT2D eigenvalue weighted by Crippen LogP contribution is 2.24. The second-order valence-electron chi connectivity index (χ2n) is 4.91. The Balaban J connectivity index is 1.89. The van der Waals surface area contributed by atoms with Crippen molar-refractivity contribution >= 4 is 11.7 Å². The number of aromatic nitrogens is 1. The lowest BCUT2D eigenvalue weighted by Crippen LogP contribution is -2.36. The quantitative estimate of drug-likeness (QED) is 0.930. The Labute approximate surface area is 123 Å². The van der Waals surface area contributed by atoms with Crippen LogP contribution in [0.5, 0.6) is 0 Å². The molecule has 2 heterocycles. The molecule has 0 aliphatic carbocycles. The largest absolute Gasteiger partial charge is 0.378 e. The van der Waals surface area contributed by atoms with Crippen molar-refractivity contribution in [2.45, 2.75) is 0 Å². The number of pyridine rings is 1. The molecule has 1 fully saturated rings. The summed E-state index contributed by atoms with van der Waals surface area (Å²) in [6.45, 7) is 3.16. The van der Waals surface area contributed by atoms with Gasteiger partial charge in [-0.1, -0.05) is 18.2 Å². The van der Waals surface area contributed by atoms with Crippen LogP contribution in [0.15, 0.2) is 42.6 Å². The Morgan fingerprint density at radius 1 is 1.14 bits per heavy atom. The minimum absolute atomic E-state index is 0.428. The van der Waals surface area contributed by atoms with E-state index in [0.717, 1.165) is 43.2 Å². The minimum Gasteiger partial charge on any atom is -0.378 e. The summed E-state index contributed by atoms with van der Waals surface area (Å²) in [4.78, 5) is 18.2. The van der Waals surface area contributed by atoms with Crippen molar-refractivity contribution in [3.8, 4) is 11.1 Å². The smallest absolute Gasteiger partial charge is 0.249 e. The Morgan fingerprint density at radius 2 is 1.90 bits per heavy atom. The molecule has 1 aliphatic rings. The van der Waals surface area contributed by atoms with E-state index < -0.39 is 5.91 Å². The van der Waals surface area contributed by atoms with Gasteiger partial charge in [0.25, 0.3) is 0 Å². The predicted molar refractivity (Wildman–Crippen MR) is 81.2 cm³/mol. The third kappa shape index (κ3) is 2.87. The van der Waals surface area contributed by atoms with Gasteiger partial charge in [-0.3, -0.25) is 4.79 Å². The van der Waals surface area contributed by atoms with Gasteiger partial charge < -0.3 is 15.4 Å². The van der Waals surface area contributed by atoms with Gasteiger partial charge in [0.15, 0.2) is 0 Å². The van der Waals surface area contributed by atoms with E-state index in [9.17, 15) is 4.79 Å². The van der Waals surface area contributed by atoms with Crippen LogP contribution in [0.1, 0.15) is 10.4 Å². The van der Waals surface area contributed by atoms with E-state index in [1.807, 2.05) is 24.3 Å². The van der Waals surface area contributed by atoms with Crippen LogP contribution in [0.25, 0.3) is 11.1 Å². The summed E-state index contributed by atoms with van der Waals surface area (Å²) in [7, 11) is 0. The fraction of sp³-hybridized carbons (Fsp3) is 0.250. The number of carbonyl (C=O) groups is 1. The summed E-state index contributed by atoms with van der Waals surface area (Å²) in [5.74, 6) is 0.501. The number of anilines is 1. The molecule has 0 spiro atoms. The molecule has 21 heavy (non-hydrogen) atoms. The molecule has 0 unspecified atom stereocenters. The zero-order valence-corrected chi connectivity index (χ0v) is 11.7. The molecular weight excluding hydrogens is 266 g/mol. The van der Waals surface area contributed by atoms with Crippen molar-refractivity contribution in [2.75, 3.05) is 31.2 Å². The maximum Gasteiger partial charge on any atom is 0.249 e. The average molecular weight is 283 g/mol. The second kappa shape index (κ2) is 5.93. The first kappa shape index (κ1) is 13.6. The molecule has 2 N–H and O–H groups in total. The first-order chi connectivity index (χ1) is 10.3. The van der Waals surface area contributed by atoms with E-state index in [-0.39, 0.29) is 0 Å². The second-order valence-corrected chi connectivity index (χ2v) is 4.91. The van der Waals surface area contributed by atoms with Crippen LogP contribution < -0.4 is 10.6 Å². The summed E-state index contributed by atoms with van der Waals surface area (Å²) in [5.41, 5.74) is 7.63. The van der Waals surface area contributed by atoms with E-state index >= 15 is 0 Å². The van der Waals surface area contributed by atoms with E-state index in [1.165, 1.54) is 0 Å². The number of morpholine rings is 1. The van der Waals surface area contributed by atoms with Crippen LogP contribution in [0.2, 0.25) is 0 Å². The third-order valence-electron chi connectivity index (χ3n) is 3.59. The summed E-state index contributed by atoms with van der Waals surface area (Å²) in [6.07, 6.45) is 1.78. The molecular formula is C16H17N3O2. The molecule has 108 valence electrons. The molecule has 0 saturated carbocycles. The fourth-order valence-electron chi connectivity index (χ4n) is 2.47. The van der Waals surface area contributed by atoms with Crippen LogP contribution in [-0.2, 0) is 4.74 Å². The molecule has 1 amide bonds. The molecule has 2 aromatic rings. The highest BCUT2D eigenvalue weighted by Gasteiger charge is 2.13. The summed E-state index contributed by atoms with van der Waals surface area (Å²) in [5, 5.41) is 0. The van der Waals surface area contributed by atoms with Crippen LogP contribution >= 0.6 is 0 Å². The van der Waals surface area contributed by atoms with Gasteiger partial charge in [0.1, 0.15) is 5.82 Å². The van der Waals surface area contributed by atoms with Gasteiger partial charge in [-0.05, 0) is 23.8 Å². The number of benzene rings is 1. The Hall–Kier alpha value is -2.40. The van der Waals surface area contributed by atoms with Gasteiger partial charge in [-0.25, -0.2) is 4.98 Å². The summed E-state index contributed by atoms with van der Waals surface area (Å²) < 4.78 is 5.34. The lowest BCUT2D eigenvalue weighted by molar-refractivity contribution is 0.100. The zero-order chi connectivity index (χ0) is 14.7. The number of nitrogens with two attached hydrogens (primary N) is 1. The molecule has 1 saturated heterocycles. The zero-order valence-electron chi connectivity index (χ0n) is 11.7. The average Bonchev–Trinajstić information content (AvgIpc) is 2.56. The predicted octanol–water partition coefficient (Wildman–Crippen LogP) is 1.68. The molecule has 1 aromatic carbocycles. The van der Waals surface area contributed by atoms with Crippen LogP contribution in [0.4, 0.5) is 5.82 Å². The number of carbonyl (C=O) groups excluding carboxylic acids is 1. The topological polar surface area (TPSA) is 68.5 Å². The number of rotatable bonds is 3. The summed E-state index contributed by atoms with van der Waals surface area (Å²) in [6, 6.07) is 11.2. The first-order valence-corrected chi connectivity index (χ1v) is 6.93. The maximum atomic E-state index is 11.5.